The molecule has 30 heavy (non-hydrogen) atoms. The van der Waals surface area contributed by atoms with Gasteiger partial charge in [-0.2, -0.15) is 0 Å². The average Bonchev–Trinajstić information content (AvgIpc) is 3.40. The number of halogens is 1. The Morgan fingerprint density at radius 3 is 2.33 bits per heavy atom. The average molecular weight is 432 g/mol. The molecule has 1 fully saturated rings. The standard InChI is InChI=1S/C23H18ClN5S/c24-16-9-11-17(12-10-16)29-22(21(27-23(29)30)18-6-1-3-13-25-18)19-7-5-15-28(19)20-8-2-4-14-26-20/h1-15,21-22H,(H,27,30)/t21-,22+/m1/s1. The van der Waals surface area contributed by atoms with E-state index in [1.54, 1.807) is 12.4 Å². The van der Waals surface area contributed by atoms with E-state index in [-0.39, 0.29) is 12.1 Å². The Balaban J connectivity index is 1.67. The summed E-state index contributed by atoms with van der Waals surface area (Å²) in [6.07, 6.45) is 5.62. The van der Waals surface area contributed by atoms with Gasteiger partial charge in [0.25, 0.3) is 0 Å². The molecule has 2 atom stereocenters. The van der Waals surface area contributed by atoms with Gasteiger partial charge in [-0.1, -0.05) is 23.7 Å². The van der Waals surface area contributed by atoms with E-state index in [0.717, 1.165) is 22.9 Å². The molecule has 1 aromatic carbocycles. The molecule has 4 aromatic rings. The van der Waals surface area contributed by atoms with Crippen LogP contribution in [0.2, 0.25) is 5.02 Å². The number of benzene rings is 1. The second-order valence-corrected chi connectivity index (χ2v) is 7.79. The summed E-state index contributed by atoms with van der Waals surface area (Å²) in [7, 11) is 0. The molecule has 0 radical (unpaired) electrons. The van der Waals surface area contributed by atoms with Gasteiger partial charge in [-0.15, -0.1) is 0 Å². The minimum Gasteiger partial charge on any atom is -0.351 e. The highest BCUT2D eigenvalue weighted by Gasteiger charge is 2.42. The van der Waals surface area contributed by atoms with Crippen molar-refractivity contribution in [2.45, 2.75) is 12.1 Å². The fourth-order valence-electron chi connectivity index (χ4n) is 3.88. The van der Waals surface area contributed by atoms with E-state index in [2.05, 4.69) is 30.8 Å². The van der Waals surface area contributed by atoms with Crippen LogP contribution in [0.25, 0.3) is 5.82 Å². The predicted octanol–water partition coefficient (Wildman–Crippen LogP) is 5.10. The van der Waals surface area contributed by atoms with Crippen molar-refractivity contribution in [3.8, 4) is 5.82 Å². The van der Waals surface area contributed by atoms with Crippen molar-refractivity contribution in [2.24, 2.45) is 0 Å². The first kappa shape index (κ1) is 18.8. The highest BCUT2D eigenvalue weighted by molar-refractivity contribution is 7.80. The van der Waals surface area contributed by atoms with E-state index in [1.807, 2.05) is 72.9 Å². The van der Waals surface area contributed by atoms with Crippen molar-refractivity contribution in [3.63, 3.8) is 0 Å². The van der Waals surface area contributed by atoms with Gasteiger partial charge >= 0.3 is 0 Å². The van der Waals surface area contributed by atoms with Gasteiger partial charge < -0.3 is 14.8 Å². The van der Waals surface area contributed by atoms with Crippen LogP contribution in [-0.2, 0) is 0 Å². The summed E-state index contributed by atoms with van der Waals surface area (Å²) in [4.78, 5) is 11.3. The topological polar surface area (TPSA) is 46.0 Å². The molecular weight excluding hydrogens is 414 g/mol. The van der Waals surface area contributed by atoms with Gasteiger partial charge in [0.1, 0.15) is 11.9 Å². The molecule has 0 aliphatic carbocycles. The molecule has 148 valence electrons. The van der Waals surface area contributed by atoms with Crippen LogP contribution in [0.4, 0.5) is 5.69 Å². The van der Waals surface area contributed by atoms with E-state index in [9.17, 15) is 0 Å². The monoisotopic (exact) mass is 431 g/mol. The summed E-state index contributed by atoms with van der Waals surface area (Å²) in [5, 5.41) is 4.81. The van der Waals surface area contributed by atoms with Crippen molar-refractivity contribution >= 4 is 34.6 Å². The lowest BCUT2D eigenvalue weighted by Crippen LogP contribution is -2.30. The van der Waals surface area contributed by atoms with Crippen LogP contribution in [-0.4, -0.2) is 19.6 Å². The van der Waals surface area contributed by atoms with Crippen LogP contribution in [0.1, 0.15) is 23.5 Å². The van der Waals surface area contributed by atoms with Crippen molar-refractivity contribution in [1.29, 1.82) is 0 Å². The van der Waals surface area contributed by atoms with Gasteiger partial charge in [0.2, 0.25) is 0 Å². The minimum atomic E-state index is -0.120. The Hall–Kier alpha value is -3.22. The van der Waals surface area contributed by atoms with Gasteiger partial charge in [-0.25, -0.2) is 4.98 Å². The number of nitrogens with one attached hydrogen (secondary N) is 1. The molecule has 1 aliphatic rings. The van der Waals surface area contributed by atoms with E-state index in [0.29, 0.717) is 10.1 Å². The molecule has 5 rings (SSSR count). The van der Waals surface area contributed by atoms with Crippen LogP contribution < -0.4 is 10.2 Å². The first-order valence-electron chi connectivity index (χ1n) is 9.57. The number of pyridine rings is 2. The molecule has 0 saturated carbocycles. The van der Waals surface area contributed by atoms with Crippen molar-refractivity contribution in [2.75, 3.05) is 4.90 Å². The third-order valence-corrected chi connectivity index (χ3v) is 5.75. The summed E-state index contributed by atoms with van der Waals surface area (Å²) in [6.45, 7) is 0. The summed E-state index contributed by atoms with van der Waals surface area (Å²) < 4.78 is 2.10. The number of thiocarbonyl (C=S) groups is 1. The molecule has 3 aromatic heterocycles. The van der Waals surface area contributed by atoms with Crippen LogP contribution in [0, 0.1) is 0 Å². The van der Waals surface area contributed by atoms with Crippen molar-refractivity contribution in [3.05, 3.63) is 108 Å². The van der Waals surface area contributed by atoms with Crippen LogP contribution >= 0.6 is 23.8 Å². The molecule has 1 saturated heterocycles. The fourth-order valence-corrected chi connectivity index (χ4v) is 4.35. The highest BCUT2D eigenvalue weighted by atomic mass is 35.5. The SMILES string of the molecule is S=C1N[C@H](c2ccccn2)[C@H](c2cccn2-c2ccccn2)N1c1ccc(Cl)cc1. The molecule has 5 nitrogen and oxygen atoms in total. The first-order chi connectivity index (χ1) is 14.7. The van der Waals surface area contributed by atoms with E-state index < -0.39 is 0 Å². The number of anilines is 1. The van der Waals surface area contributed by atoms with Crippen LogP contribution in [0.3, 0.4) is 0 Å². The van der Waals surface area contributed by atoms with E-state index in [4.69, 9.17) is 23.8 Å². The molecule has 0 unspecified atom stereocenters. The second kappa shape index (κ2) is 7.89. The molecule has 1 aliphatic heterocycles. The smallest absolute Gasteiger partial charge is 0.174 e. The maximum absolute atomic E-state index is 6.13. The number of hydrogen-bond acceptors (Lipinski definition) is 3. The summed E-state index contributed by atoms with van der Waals surface area (Å²) in [5.74, 6) is 0.853. The Kier molecular flexibility index (Phi) is 4.94. The normalized spacial score (nSPS) is 18.4. The predicted molar refractivity (Wildman–Crippen MR) is 123 cm³/mol. The minimum absolute atomic E-state index is 0.119. The summed E-state index contributed by atoms with van der Waals surface area (Å²) >= 11 is 11.9. The molecule has 0 spiro atoms. The Morgan fingerprint density at radius 1 is 0.867 bits per heavy atom. The zero-order valence-corrected chi connectivity index (χ0v) is 17.5. The van der Waals surface area contributed by atoms with E-state index in [1.165, 1.54) is 0 Å². The van der Waals surface area contributed by atoms with Crippen molar-refractivity contribution < 1.29 is 0 Å². The van der Waals surface area contributed by atoms with Crippen LogP contribution in [0.15, 0.2) is 91.4 Å². The van der Waals surface area contributed by atoms with E-state index >= 15 is 0 Å². The third-order valence-electron chi connectivity index (χ3n) is 5.18. The molecule has 7 heteroatoms. The maximum atomic E-state index is 6.13. The molecule has 4 heterocycles. The lowest BCUT2D eigenvalue weighted by atomic mass is 10.0. The highest BCUT2D eigenvalue weighted by Crippen LogP contribution is 2.42. The molecule has 0 amide bonds. The van der Waals surface area contributed by atoms with Gasteiger partial charge in [0.15, 0.2) is 5.11 Å². The second-order valence-electron chi connectivity index (χ2n) is 6.96. The summed E-state index contributed by atoms with van der Waals surface area (Å²) in [5.41, 5.74) is 2.95. The molecular formula is C23H18ClN5S. The number of rotatable bonds is 4. The third kappa shape index (κ3) is 3.34. The fraction of sp³-hybridized carbons (Fsp3) is 0.0870. The zero-order chi connectivity index (χ0) is 20.5. The number of nitrogens with zero attached hydrogens (tertiary/aromatic N) is 4. The van der Waals surface area contributed by atoms with Gasteiger partial charge in [0, 0.05) is 35.0 Å². The number of aromatic nitrogens is 3. The quantitative estimate of drug-likeness (QED) is 0.455. The summed E-state index contributed by atoms with van der Waals surface area (Å²) in [6, 6.07) is 23.4. The van der Waals surface area contributed by atoms with Crippen LogP contribution in [0.5, 0.6) is 0 Å². The van der Waals surface area contributed by atoms with Gasteiger partial charge in [-0.3, -0.25) is 4.98 Å². The van der Waals surface area contributed by atoms with Gasteiger partial charge in [-0.05, 0) is 72.9 Å². The largest absolute Gasteiger partial charge is 0.351 e. The Morgan fingerprint density at radius 2 is 1.63 bits per heavy atom. The maximum Gasteiger partial charge on any atom is 0.174 e. The first-order valence-corrected chi connectivity index (χ1v) is 10.4. The van der Waals surface area contributed by atoms with Crippen molar-refractivity contribution in [1.82, 2.24) is 19.9 Å². The molecule has 1 N–H and O–H groups in total. The molecule has 0 bridgehead atoms. The lowest BCUT2D eigenvalue weighted by Gasteiger charge is -2.28. The lowest BCUT2D eigenvalue weighted by molar-refractivity contribution is 0.548. The van der Waals surface area contributed by atoms with Gasteiger partial charge in [0.05, 0.1) is 11.7 Å². The zero-order valence-electron chi connectivity index (χ0n) is 15.9. The Labute approximate surface area is 185 Å². The Bertz CT molecular complexity index is 1160. The number of hydrogen-bond donors (Lipinski definition) is 1.